The van der Waals surface area contributed by atoms with Crippen LogP contribution in [0.4, 0.5) is 0 Å². The Balaban J connectivity index is 1.55. The molecule has 1 aromatic carbocycles. The number of hydrogen-bond donors (Lipinski definition) is 0. The molecule has 2 atom stereocenters. The van der Waals surface area contributed by atoms with E-state index in [0.717, 1.165) is 44.6 Å². The Morgan fingerprint density at radius 3 is 2.60 bits per heavy atom. The van der Waals surface area contributed by atoms with Gasteiger partial charge in [-0.2, -0.15) is 5.10 Å². The van der Waals surface area contributed by atoms with E-state index in [1.807, 2.05) is 27.8 Å². The highest BCUT2D eigenvalue weighted by Crippen LogP contribution is 2.29. The Hall–Kier alpha value is -2.21. The highest BCUT2D eigenvalue weighted by Gasteiger charge is 2.35. The maximum Gasteiger partial charge on any atom is 0.244 e. The average Bonchev–Trinajstić information content (AvgIpc) is 3.37. The monoisotopic (exact) mass is 339 g/mol. The number of nitrogens with zero attached hydrogens (tertiary/aromatic N) is 5. The van der Waals surface area contributed by atoms with E-state index in [4.69, 9.17) is 0 Å². The van der Waals surface area contributed by atoms with Crippen LogP contribution in [0.5, 0.6) is 0 Å². The molecule has 1 amide bonds. The van der Waals surface area contributed by atoms with Crippen LogP contribution in [-0.4, -0.2) is 56.7 Å². The van der Waals surface area contributed by atoms with Crippen molar-refractivity contribution < 1.29 is 4.79 Å². The molecule has 0 bridgehead atoms. The number of amides is 1. The number of aromatic nitrogens is 3. The van der Waals surface area contributed by atoms with Gasteiger partial charge in [-0.15, -0.1) is 0 Å². The molecule has 2 aromatic rings. The number of benzene rings is 1. The molecule has 132 valence electrons. The summed E-state index contributed by atoms with van der Waals surface area (Å²) in [4.78, 5) is 21.9. The maximum atomic E-state index is 13.4. The van der Waals surface area contributed by atoms with Crippen molar-refractivity contribution in [1.82, 2.24) is 24.6 Å². The fraction of sp³-hybridized carbons (Fsp3) is 0.526. The van der Waals surface area contributed by atoms with E-state index in [1.54, 1.807) is 12.7 Å². The zero-order valence-electron chi connectivity index (χ0n) is 14.5. The van der Waals surface area contributed by atoms with Crippen molar-refractivity contribution in [1.29, 1.82) is 0 Å². The van der Waals surface area contributed by atoms with Gasteiger partial charge in [0, 0.05) is 13.1 Å². The van der Waals surface area contributed by atoms with Gasteiger partial charge >= 0.3 is 0 Å². The fourth-order valence-electron chi connectivity index (χ4n) is 4.09. The molecule has 6 heteroatoms. The summed E-state index contributed by atoms with van der Waals surface area (Å²) in [6.07, 6.45) is 7.74. The van der Waals surface area contributed by atoms with Gasteiger partial charge in [0.05, 0.1) is 6.04 Å². The zero-order valence-corrected chi connectivity index (χ0v) is 14.5. The normalized spacial score (nSPS) is 22.9. The Morgan fingerprint density at radius 1 is 1.08 bits per heavy atom. The molecule has 3 heterocycles. The topological polar surface area (TPSA) is 54.3 Å². The second-order valence-corrected chi connectivity index (χ2v) is 7.01. The van der Waals surface area contributed by atoms with Crippen molar-refractivity contribution >= 4 is 5.91 Å². The van der Waals surface area contributed by atoms with Crippen LogP contribution < -0.4 is 0 Å². The summed E-state index contributed by atoms with van der Waals surface area (Å²) in [5, 5.41) is 4.27. The number of rotatable bonds is 4. The summed E-state index contributed by atoms with van der Waals surface area (Å²) < 4.78 is 1.90. The van der Waals surface area contributed by atoms with Crippen LogP contribution in [0.15, 0.2) is 43.0 Å². The van der Waals surface area contributed by atoms with Crippen LogP contribution in [0.25, 0.3) is 0 Å². The maximum absolute atomic E-state index is 13.4. The largest absolute Gasteiger partial charge is 0.339 e. The van der Waals surface area contributed by atoms with Gasteiger partial charge in [-0.05, 0) is 44.3 Å². The van der Waals surface area contributed by atoms with E-state index in [2.05, 4.69) is 27.1 Å². The molecule has 4 rings (SSSR count). The first-order valence-corrected chi connectivity index (χ1v) is 9.25. The molecule has 1 aromatic heterocycles. The summed E-state index contributed by atoms with van der Waals surface area (Å²) in [5.74, 6) is 0.234. The van der Waals surface area contributed by atoms with Crippen molar-refractivity contribution in [2.45, 2.75) is 37.8 Å². The number of piperidine rings is 1. The van der Waals surface area contributed by atoms with E-state index in [1.165, 1.54) is 12.8 Å². The van der Waals surface area contributed by atoms with Gasteiger partial charge < -0.3 is 4.90 Å². The first-order chi connectivity index (χ1) is 12.3. The second-order valence-electron chi connectivity index (χ2n) is 7.01. The van der Waals surface area contributed by atoms with Gasteiger partial charge in [0.1, 0.15) is 18.7 Å². The molecule has 0 radical (unpaired) electrons. The summed E-state index contributed by atoms with van der Waals surface area (Å²) in [6.45, 7) is 3.57. The van der Waals surface area contributed by atoms with Crippen LogP contribution >= 0.6 is 0 Å². The minimum Gasteiger partial charge on any atom is -0.339 e. The molecular weight excluding hydrogens is 314 g/mol. The van der Waals surface area contributed by atoms with Gasteiger partial charge in [-0.25, -0.2) is 9.67 Å². The lowest BCUT2D eigenvalue weighted by atomic mass is 10.0. The van der Waals surface area contributed by atoms with Gasteiger partial charge in [0.2, 0.25) is 5.91 Å². The Labute approximate surface area is 148 Å². The van der Waals surface area contributed by atoms with Gasteiger partial charge in [-0.1, -0.05) is 30.3 Å². The van der Waals surface area contributed by atoms with Gasteiger partial charge in [-0.3, -0.25) is 9.69 Å². The van der Waals surface area contributed by atoms with Crippen LogP contribution in [0.1, 0.15) is 43.3 Å². The Bertz CT molecular complexity index is 681. The third kappa shape index (κ3) is 3.44. The molecule has 6 nitrogen and oxygen atoms in total. The Morgan fingerprint density at radius 2 is 1.88 bits per heavy atom. The van der Waals surface area contributed by atoms with Gasteiger partial charge in [0.15, 0.2) is 0 Å². The van der Waals surface area contributed by atoms with Crippen molar-refractivity contribution in [3.63, 3.8) is 0 Å². The smallest absolute Gasteiger partial charge is 0.244 e. The van der Waals surface area contributed by atoms with E-state index in [-0.39, 0.29) is 18.0 Å². The predicted molar refractivity (Wildman–Crippen MR) is 94.9 cm³/mol. The van der Waals surface area contributed by atoms with Crippen LogP contribution in [0.3, 0.4) is 0 Å². The standard InChI is InChI=1S/C19H25N5O/c25-19(23-12-6-9-17(13-23)24-15-20-14-21-24)18(22-10-4-5-11-22)16-7-2-1-3-8-16/h1-3,7-8,14-15,17-18H,4-6,9-13H2/t17-,18+/m1/s1. The molecule has 2 aliphatic heterocycles. The predicted octanol–water partition coefficient (Wildman–Crippen LogP) is 2.28. The molecular formula is C19H25N5O. The first kappa shape index (κ1) is 16.3. The molecule has 2 fully saturated rings. The number of carbonyl (C=O) groups is 1. The van der Waals surface area contributed by atoms with Gasteiger partial charge in [0.25, 0.3) is 0 Å². The van der Waals surface area contributed by atoms with E-state index < -0.39 is 0 Å². The third-order valence-electron chi connectivity index (χ3n) is 5.37. The number of carbonyl (C=O) groups excluding carboxylic acids is 1. The van der Waals surface area contributed by atoms with Crippen LogP contribution in [0.2, 0.25) is 0 Å². The van der Waals surface area contributed by atoms with Crippen molar-refractivity contribution in [2.75, 3.05) is 26.2 Å². The van der Waals surface area contributed by atoms with Crippen LogP contribution in [0, 0.1) is 0 Å². The molecule has 25 heavy (non-hydrogen) atoms. The molecule has 2 saturated heterocycles. The van der Waals surface area contributed by atoms with Crippen molar-refractivity contribution in [2.24, 2.45) is 0 Å². The lowest BCUT2D eigenvalue weighted by molar-refractivity contribution is -0.138. The average molecular weight is 339 g/mol. The fourth-order valence-corrected chi connectivity index (χ4v) is 4.09. The summed E-state index contributed by atoms with van der Waals surface area (Å²) in [5.41, 5.74) is 1.11. The minimum atomic E-state index is -0.154. The van der Waals surface area contributed by atoms with E-state index >= 15 is 0 Å². The Kier molecular flexibility index (Phi) is 4.78. The summed E-state index contributed by atoms with van der Waals surface area (Å²) >= 11 is 0. The lowest BCUT2D eigenvalue weighted by Gasteiger charge is -2.37. The highest BCUT2D eigenvalue weighted by atomic mass is 16.2. The summed E-state index contributed by atoms with van der Waals surface area (Å²) in [6, 6.07) is 10.3. The zero-order chi connectivity index (χ0) is 17.1. The molecule has 0 spiro atoms. The highest BCUT2D eigenvalue weighted by molar-refractivity contribution is 5.83. The molecule has 0 N–H and O–H groups in total. The molecule has 0 unspecified atom stereocenters. The van der Waals surface area contributed by atoms with Crippen molar-refractivity contribution in [3.05, 3.63) is 48.5 Å². The first-order valence-electron chi connectivity index (χ1n) is 9.25. The minimum absolute atomic E-state index is 0.154. The SMILES string of the molecule is O=C([C@H](c1ccccc1)N1CCCC1)N1CCC[C@@H](n2cncn2)C1. The molecule has 2 aliphatic rings. The number of hydrogen-bond acceptors (Lipinski definition) is 4. The molecule has 0 saturated carbocycles. The molecule has 0 aliphatic carbocycles. The summed E-state index contributed by atoms with van der Waals surface area (Å²) in [7, 11) is 0. The van der Waals surface area contributed by atoms with E-state index in [9.17, 15) is 4.79 Å². The number of likely N-dealkylation sites (tertiary alicyclic amines) is 2. The quantitative estimate of drug-likeness (QED) is 0.857. The second kappa shape index (κ2) is 7.35. The lowest BCUT2D eigenvalue weighted by Crippen LogP contribution is -2.46. The van der Waals surface area contributed by atoms with Crippen molar-refractivity contribution in [3.8, 4) is 0 Å². The van der Waals surface area contributed by atoms with Crippen LogP contribution in [-0.2, 0) is 4.79 Å². The third-order valence-corrected chi connectivity index (χ3v) is 5.37. The van der Waals surface area contributed by atoms with E-state index in [0.29, 0.717) is 0 Å².